The van der Waals surface area contributed by atoms with Crippen LogP contribution in [0.3, 0.4) is 0 Å². The lowest BCUT2D eigenvalue weighted by Crippen LogP contribution is -2.30. The fraction of sp³-hybridized carbons (Fsp3) is 0.795. The minimum Gasteiger partial charge on any atom is -0.462 e. The van der Waals surface area contributed by atoms with Gasteiger partial charge in [-0.3, -0.25) is 14.4 Å². The first kappa shape index (κ1) is 75.8. The molecule has 0 aliphatic rings. The molecule has 458 valence electrons. The lowest BCUT2D eigenvalue weighted by Gasteiger charge is -2.18. The molecule has 0 spiro atoms. The summed E-state index contributed by atoms with van der Waals surface area (Å²) in [6.07, 6.45) is 87.7. The fourth-order valence-electron chi connectivity index (χ4n) is 10.1. The molecule has 0 rings (SSSR count). The molecule has 0 aliphatic carbocycles. The highest BCUT2D eigenvalue weighted by molar-refractivity contribution is 5.71. The maximum absolute atomic E-state index is 13.0. The lowest BCUT2D eigenvalue weighted by molar-refractivity contribution is -0.167. The molecule has 6 heteroatoms. The predicted molar refractivity (Wildman–Crippen MR) is 344 cm³/mol. The van der Waals surface area contributed by atoms with Crippen LogP contribution >= 0.6 is 0 Å². The molecule has 1 unspecified atom stereocenters. The molecular weight excluding hydrogens is 973 g/mol. The molecule has 0 saturated carbocycles. The van der Waals surface area contributed by atoms with Crippen molar-refractivity contribution in [3.63, 3.8) is 0 Å². The Bertz CT molecular complexity index is 1450. The SMILES string of the molecule is CC/C=C\C/C=C\C/C=C\C/C=C\C/C=C\C/C=C\CCCCCCC(=O)OCC(COC(=O)CCCCCCCCCCCCCCCCCCCCC)OC(=O)CCCCCCCCCCCCCCCCCCCCC. The van der Waals surface area contributed by atoms with Gasteiger partial charge in [0.2, 0.25) is 0 Å². The van der Waals surface area contributed by atoms with Crippen molar-refractivity contribution in [3.8, 4) is 0 Å². The van der Waals surface area contributed by atoms with Gasteiger partial charge in [0.15, 0.2) is 6.10 Å². The van der Waals surface area contributed by atoms with Gasteiger partial charge in [-0.15, -0.1) is 0 Å². The molecule has 0 aliphatic heterocycles. The second-order valence-corrected chi connectivity index (χ2v) is 23.1. The first-order chi connectivity index (χ1) is 39.0. The van der Waals surface area contributed by atoms with Crippen LogP contribution in [0.2, 0.25) is 0 Å². The molecule has 0 radical (unpaired) electrons. The van der Waals surface area contributed by atoms with E-state index in [1.807, 2.05) is 0 Å². The number of unbranched alkanes of at least 4 members (excludes halogenated alkanes) is 40. The fourth-order valence-corrected chi connectivity index (χ4v) is 10.1. The van der Waals surface area contributed by atoms with Crippen molar-refractivity contribution in [1.82, 2.24) is 0 Å². The van der Waals surface area contributed by atoms with E-state index in [-0.39, 0.29) is 31.1 Å². The molecule has 0 saturated heterocycles. The van der Waals surface area contributed by atoms with Crippen LogP contribution in [0, 0.1) is 0 Å². The highest BCUT2D eigenvalue weighted by atomic mass is 16.6. The van der Waals surface area contributed by atoms with Crippen LogP contribution in [-0.2, 0) is 28.6 Å². The Balaban J connectivity index is 4.39. The van der Waals surface area contributed by atoms with Crippen molar-refractivity contribution < 1.29 is 28.6 Å². The molecule has 79 heavy (non-hydrogen) atoms. The Kier molecular flexibility index (Phi) is 64.7. The van der Waals surface area contributed by atoms with Gasteiger partial charge in [-0.25, -0.2) is 0 Å². The lowest BCUT2D eigenvalue weighted by atomic mass is 10.0. The zero-order valence-electron chi connectivity index (χ0n) is 52.6. The molecular formula is C73H130O6. The van der Waals surface area contributed by atoms with E-state index in [0.717, 1.165) is 109 Å². The zero-order chi connectivity index (χ0) is 57.1. The zero-order valence-corrected chi connectivity index (χ0v) is 52.6. The van der Waals surface area contributed by atoms with Gasteiger partial charge in [0, 0.05) is 19.3 Å². The van der Waals surface area contributed by atoms with E-state index in [0.29, 0.717) is 19.3 Å². The summed E-state index contributed by atoms with van der Waals surface area (Å²) in [5, 5.41) is 0. The molecule has 0 aromatic heterocycles. The number of carbonyl (C=O) groups excluding carboxylic acids is 3. The molecule has 0 heterocycles. The number of carbonyl (C=O) groups is 3. The molecule has 0 fully saturated rings. The standard InChI is InChI=1S/C73H130O6/c1-4-7-10-13-16-19-22-25-28-31-34-35-36-37-40-42-45-48-51-54-57-60-63-66-72(75)78-69-70(79-73(76)67-64-61-58-55-52-49-46-43-39-33-30-27-24-21-18-15-12-9-6-3)68-77-71(74)65-62-59-56-53-50-47-44-41-38-32-29-26-23-20-17-14-11-8-5-2/h7,10,16,19,25,28,34-35,37,40,45,48,70H,4-6,8-9,11-15,17-18,20-24,26-27,29-33,36,38-39,41-44,46-47,49-69H2,1-3H3/b10-7-,19-16-,28-25-,35-34-,40-37-,48-45-. The molecule has 1 atom stereocenters. The molecule has 0 bridgehead atoms. The van der Waals surface area contributed by atoms with Crippen molar-refractivity contribution in [1.29, 1.82) is 0 Å². The largest absolute Gasteiger partial charge is 0.462 e. The Hall–Kier alpha value is -3.15. The summed E-state index contributed by atoms with van der Waals surface area (Å²) in [7, 11) is 0. The van der Waals surface area contributed by atoms with Gasteiger partial charge in [-0.2, -0.15) is 0 Å². The van der Waals surface area contributed by atoms with Crippen molar-refractivity contribution in [2.24, 2.45) is 0 Å². The summed E-state index contributed by atoms with van der Waals surface area (Å²) in [4.78, 5) is 38.4. The van der Waals surface area contributed by atoms with Crippen LogP contribution in [-0.4, -0.2) is 37.2 Å². The molecule has 0 N–H and O–H groups in total. The van der Waals surface area contributed by atoms with Crippen molar-refractivity contribution >= 4 is 17.9 Å². The summed E-state index contributed by atoms with van der Waals surface area (Å²) in [5.41, 5.74) is 0. The smallest absolute Gasteiger partial charge is 0.306 e. The quantitative estimate of drug-likeness (QED) is 0.0261. The van der Waals surface area contributed by atoms with E-state index < -0.39 is 6.10 Å². The third kappa shape index (κ3) is 65.5. The van der Waals surface area contributed by atoms with E-state index >= 15 is 0 Å². The minimum absolute atomic E-state index is 0.0786. The van der Waals surface area contributed by atoms with E-state index in [1.165, 1.54) is 205 Å². The van der Waals surface area contributed by atoms with Crippen LogP contribution in [0.25, 0.3) is 0 Å². The third-order valence-corrected chi connectivity index (χ3v) is 15.2. The maximum atomic E-state index is 13.0. The van der Waals surface area contributed by atoms with Crippen LogP contribution in [0.5, 0.6) is 0 Å². The van der Waals surface area contributed by atoms with E-state index in [1.54, 1.807) is 0 Å². The van der Waals surface area contributed by atoms with E-state index in [9.17, 15) is 14.4 Å². The van der Waals surface area contributed by atoms with Gasteiger partial charge in [0.05, 0.1) is 0 Å². The highest BCUT2D eigenvalue weighted by Gasteiger charge is 2.19. The number of rotatable bonds is 63. The van der Waals surface area contributed by atoms with Gasteiger partial charge in [-0.1, -0.05) is 338 Å². The molecule has 0 aromatic rings. The van der Waals surface area contributed by atoms with Gasteiger partial charge >= 0.3 is 17.9 Å². The van der Waals surface area contributed by atoms with Gasteiger partial charge < -0.3 is 14.2 Å². The third-order valence-electron chi connectivity index (χ3n) is 15.2. The number of ether oxygens (including phenoxy) is 3. The monoisotopic (exact) mass is 1100 g/mol. The van der Waals surface area contributed by atoms with Crippen molar-refractivity contribution in [2.75, 3.05) is 13.2 Å². The molecule has 0 aromatic carbocycles. The number of hydrogen-bond donors (Lipinski definition) is 0. The molecule has 6 nitrogen and oxygen atoms in total. The van der Waals surface area contributed by atoms with E-state index in [2.05, 4.69) is 93.7 Å². The second kappa shape index (κ2) is 67.4. The Morgan fingerprint density at radius 3 is 0.772 bits per heavy atom. The molecule has 0 amide bonds. The van der Waals surface area contributed by atoms with Gasteiger partial charge in [-0.05, 0) is 70.6 Å². The Labute approximate surface area is 491 Å². The van der Waals surface area contributed by atoms with Gasteiger partial charge in [0.1, 0.15) is 13.2 Å². The summed E-state index contributed by atoms with van der Waals surface area (Å²) < 4.78 is 17.0. The minimum atomic E-state index is -0.785. The number of allylic oxidation sites excluding steroid dienone is 12. The average Bonchev–Trinajstić information content (AvgIpc) is 3.45. The summed E-state index contributed by atoms with van der Waals surface area (Å²) >= 11 is 0. The topological polar surface area (TPSA) is 78.9 Å². The summed E-state index contributed by atoms with van der Waals surface area (Å²) in [6, 6.07) is 0. The van der Waals surface area contributed by atoms with Gasteiger partial charge in [0.25, 0.3) is 0 Å². The maximum Gasteiger partial charge on any atom is 0.306 e. The number of esters is 3. The van der Waals surface area contributed by atoms with Crippen LogP contribution in [0.4, 0.5) is 0 Å². The van der Waals surface area contributed by atoms with Crippen LogP contribution < -0.4 is 0 Å². The second-order valence-electron chi connectivity index (χ2n) is 23.1. The van der Waals surface area contributed by atoms with E-state index in [4.69, 9.17) is 14.2 Å². The first-order valence-corrected chi connectivity index (χ1v) is 34.4. The van der Waals surface area contributed by atoms with Crippen LogP contribution in [0.1, 0.15) is 355 Å². The Morgan fingerprint density at radius 2 is 0.494 bits per heavy atom. The first-order valence-electron chi connectivity index (χ1n) is 34.4. The number of hydrogen-bond acceptors (Lipinski definition) is 6. The summed E-state index contributed by atoms with van der Waals surface area (Å²) in [5.74, 6) is -0.880. The van der Waals surface area contributed by atoms with Crippen molar-refractivity contribution in [3.05, 3.63) is 72.9 Å². The average molecular weight is 1100 g/mol. The Morgan fingerprint density at radius 1 is 0.266 bits per heavy atom. The van der Waals surface area contributed by atoms with Crippen LogP contribution in [0.15, 0.2) is 72.9 Å². The predicted octanol–water partition coefficient (Wildman–Crippen LogP) is 23.7. The van der Waals surface area contributed by atoms with Crippen molar-refractivity contribution in [2.45, 2.75) is 361 Å². The highest BCUT2D eigenvalue weighted by Crippen LogP contribution is 2.18. The normalized spacial score (nSPS) is 12.5. The summed E-state index contributed by atoms with van der Waals surface area (Å²) in [6.45, 7) is 6.57.